The first-order valence-corrected chi connectivity index (χ1v) is 9.35. The van der Waals surface area contributed by atoms with E-state index >= 15 is 0 Å². The van der Waals surface area contributed by atoms with Gasteiger partial charge in [-0.3, -0.25) is 4.79 Å². The summed E-state index contributed by atoms with van der Waals surface area (Å²) < 4.78 is 11.2. The van der Waals surface area contributed by atoms with Crippen LogP contribution < -0.4 is 14.8 Å². The van der Waals surface area contributed by atoms with E-state index in [0.717, 1.165) is 11.1 Å². The van der Waals surface area contributed by atoms with E-state index in [1.807, 2.05) is 13.0 Å². The van der Waals surface area contributed by atoms with Crippen LogP contribution in [0.4, 0.5) is 5.69 Å². The zero-order valence-corrected chi connectivity index (χ0v) is 17.0. The largest absolute Gasteiger partial charge is 0.496 e. The van der Waals surface area contributed by atoms with Crippen molar-refractivity contribution < 1.29 is 14.3 Å². The molecule has 0 fully saturated rings. The molecule has 0 aliphatic rings. The van der Waals surface area contributed by atoms with Crippen LogP contribution in [0.15, 0.2) is 60.7 Å². The number of nitrogens with one attached hydrogen (secondary N) is 1. The van der Waals surface area contributed by atoms with Crippen LogP contribution in [0, 0.1) is 6.92 Å². The Balaban J connectivity index is 1.78. The SMILES string of the molecule is COc1ccc(C(=O)Nc2cccc(Cl)c2C)cc1COc1ccc(Cl)cc1. The second-order valence-corrected chi connectivity index (χ2v) is 6.98. The Labute approximate surface area is 174 Å². The maximum absolute atomic E-state index is 12.7. The van der Waals surface area contributed by atoms with E-state index in [-0.39, 0.29) is 12.5 Å². The Bertz CT molecular complexity index is 988. The molecule has 0 unspecified atom stereocenters. The van der Waals surface area contributed by atoms with Crippen LogP contribution in [0.1, 0.15) is 21.5 Å². The number of halogens is 2. The number of carbonyl (C=O) groups is 1. The molecule has 0 saturated heterocycles. The van der Waals surface area contributed by atoms with E-state index in [2.05, 4.69) is 5.32 Å². The van der Waals surface area contributed by atoms with Gasteiger partial charge in [0.05, 0.1) is 7.11 Å². The lowest BCUT2D eigenvalue weighted by atomic mass is 10.1. The summed E-state index contributed by atoms with van der Waals surface area (Å²) in [6, 6.07) is 17.7. The first-order valence-electron chi connectivity index (χ1n) is 8.59. The summed E-state index contributed by atoms with van der Waals surface area (Å²) in [4.78, 5) is 12.7. The molecular weight excluding hydrogens is 397 g/mol. The number of carbonyl (C=O) groups excluding carboxylic acids is 1. The molecule has 0 aliphatic carbocycles. The predicted octanol–water partition coefficient (Wildman–Crippen LogP) is 6.14. The number of methoxy groups -OCH3 is 1. The van der Waals surface area contributed by atoms with Crippen molar-refractivity contribution >= 4 is 34.8 Å². The number of amides is 1. The molecule has 4 nitrogen and oxygen atoms in total. The molecule has 6 heteroatoms. The minimum absolute atomic E-state index is 0.235. The van der Waals surface area contributed by atoms with Crippen molar-refractivity contribution in [3.05, 3.63) is 87.4 Å². The third-order valence-electron chi connectivity index (χ3n) is 4.27. The topological polar surface area (TPSA) is 47.6 Å². The Morgan fingerprint density at radius 2 is 1.79 bits per heavy atom. The third-order valence-corrected chi connectivity index (χ3v) is 4.93. The minimum Gasteiger partial charge on any atom is -0.496 e. The molecule has 3 aromatic carbocycles. The van der Waals surface area contributed by atoms with Crippen molar-refractivity contribution in [3.63, 3.8) is 0 Å². The third kappa shape index (κ3) is 4.77. The van der Waals surface area contributed by atoms with Gasteiger partial charge in [0.1, 0.15) is 18.1 Å². The maximum atomic E-state index is 12.7. The van der Waals surface area contributed by atoms with Gasteiger partial charge >= 0.3 is 0 Å². The zero-order chi connectivity index (χ0) is 20.1. The highest BCUT2D eigenvalue weighted by molar-refractivity contribution is 6.31. The van der Waals surface area contributed by atoms with Crippen LogP contribution in [0.5, 0.6) is 11.5 Å². The number of hydrogen-bond acceptors (Lipinski definition) is 3. The molecular formula is C22H19Cl2NO3. The van der Waals surface area contributed by atoms with Gasteiger partial charge in [-0.15, -0.1) is 0 Å². The molecule has 0 atom stereocenters. The fourth-order valence-corrected chi connectivity index (χ4v) is 2.96. The Kier molecular flexibility index (Phi) is 6.45. The second-order valence-electron chi connectivity index (χ2n) is 6.14. The number of rotatable bonds is 6. The quantitative estimate of drug-likeness (QED) is 0.525. The van der Waals surface area contributed by atoms with E-state index < -0.39 is 0 Å². The Morgan fingerprint density at radius 1 is 1.04 bits per heavy atom. The average Bonchev–Trinajstić information content (AvgIpc) is 2.70. The molecule has 0 bridgehead atoms. The van der Waals surface area contributed by atoms with Crippen LogP contribution in [-0.4, -0.2) is 13.0 Å². The monoisotopic (exact) mass is 415 g/mol. The fourth-order valence-electron chi connectivity index (χ4n) is 2.66. The van der Waals surface area contributed by atoms with Crippen molar-refractivity contribution in [3.8, 4) is 11.5 Å². The van der Waals surface area contributed by atoms with Gasteiger partial charge in [-0.1, -0.05) is 29.3 Å². The Hall–Kier alpha value is -2.69. The lowest BCUT2D eigenvalue weighted by Crippen LogP contribution is -2.13. The molecule has 144 valence electrons. The van der Waals surface area contributed by atoms with Crippen molar-refractivity contribution in [1.82, 2.24) is 0 Å². The second kappa shape index (κ2) is 9.00. The predicted molar refractivity (Wildman–Crippen MR) is 113 cm³/mol. The van der Waals surface area contributed by atoms with Crippen LogP contribution in [0.2, 0.25) is 10.0 Å². The Morgan fingerprint density at radius 3 is 2.50 bits per heavy atom. The van der Waals surface area contributed by atoms with Crippen molar-refractivity contribution in [2.75, 3.05) is 12.4 Å². The maximum Gasteiger partial charge on any atom is 0.255 e. The molecule has 0 radical (unpaired) electrons. The van der Waals surface area contributed by atoms with Crippen LogP contribution in [0.3, 0.4) is 0 Å². The molecule has 3 aromatic rings. The van der Waals surface area contributed by atoms with E-state index in [1.165, 1.54) is 0 Å². The van der Waals surface area contributed by atoms with Gasteiger partial charge in [-0.05, 0) is 67.1 Å². The lowest BCUT2D eigenvalue weighted by molar-refractivity contribution is 0.102. The molecule has 0 heterocycles. The first kappa shape index (κ1) is 20.1. The van der Waals surface area contributed by atoms with Crippen molar-refractivity contribution in [1.29, 1.82) is 0 Å². The summed E-state index contributed by atoms with van der Waals surface area (Å²) in [6.07, 6.45) is 0. The molecule has 0 aliphatic heterocycles. The van der Waals surface area contributed by atoms with E-state index in [0.29, 0.717) is 32.8 Å². The molecule has 0 aromatic heterocycles. The summed E-state index contributed by atoms with van der Waals surface area (Å²) in [5.74, 6) is 1.08. The van der Waals surface area contributed by atoms with Gasteiger partial charge in [0.2, 0.25) is 0 Å². The smallest absolute Gasteiger partial charge is 0.255 e. The van der Waals surface area contributed by atoms with Crippen molar-refractivity contribution in [2.24, 2.45) is 0 Å². The van der Waals surface area contributed by atoms with E-state index in [9.17, 15) is 4.79 Å². The first-order chi connectivity index (χ1) is 13.5. The lowest BCUT2D eigenvalue weighted by Gasteiger charge is -2.13. The van der Waals surface area contributed by atoms with Crippen molar-refractivity contribution in [2.45, 2.75) is 13.5 Å². The standard InChI is InChI=1S/C22H19Cl2NO3/c1-14-19(24)4-3-5-20(14)25-22(26)15-6-11-21(27-2)16(12-15)13-28-18-9-7-17(23)8-10-18/h3-12H,13H2,1-2H3,(H,25,26). The fraction of sp³-hybridized carbons (Fsp3) is 0.136. The highest BCUT2D eigenvalue weighted by Gasteiger charge is 2.13. The molecule has 0 saturated carbocycles. The highest BCUT2D eigenvalue weighted by Crippen LogP contribution is 2.26. The van der Waals surface area contributed by atoms with Gasteiger partial charge < -0.3 is 14.8 Å². The number of anilines is 1. The summed E-state index contributed by atoms with van der Waals surface area (Å²) >= 11 is 12.0. The minimum atomic E-state index is -0.235. The molecule has 0 spiro atoms. The number of ether oxygens (including phenoxy) is 2. The highest BCUT2D eigenvalue weighted by atomic mass is 35.5. The summed E-state index contributed by atoms with van der Waals surface area (Å²) in [5, 5.41) is 4.13. The van der Waals surface area contributed by atoms with Gasteiger partial charge in [-0.2, -0.15) is 0 Å². The van der Waals surface area contributed by atoms with Gasteiger partial charge in [0, 0.05) is 26.9 Å². The van der Waals surface area contributed by atoms with Crippen LogP contribution in [0.25, 0.3) is 0 Å². The average molecular weight is 416 g/mol. The molecule has 28 heavy (non-hydrogen) atoms. The van der Waals surface area contributed by atoms with Gasteiger partial charge in [-0.25, -0.2) is 0 Å². The van der Waals surface area contributed by atoms with Crippen LogP contribution >= 0.6 is 23.2 Å². The van der Waals surface area contributed by atoms with Gasteiger partial charge in [0.15, 0.2) is 0 Å². The molecule has 3 rings (SSSR count). The summed E-state index contributed by atoms with van der Waals surface area (Å²) in [5.41, 5.74) is 2.74. The van der Waals surface area contributed by atoms with Crippen LogP contribution in [-0.2, 0) is 6.61 Å². The molecule has 1 amide bonds. The summed E-state index contributed by atoms with van der Waals surface area (Å²) in [6.45, 7) is 2.11. The zero-order valence-electron chi connectivity index (χ0n) is 15.5. The summed E-state index contributed by atoms with van der Waals surface area (Å²) in [7, 11) is 1.58. The molecule has 1 N–H and O–H groups in total. The normalized spacial score (nSPS) is 10.4. The number of benzene rings is 3. The van der Waals surface area contributed by atoms with E-state index in [4.69, 9.17) is 32.7 Å². The van der Waals surface area contributed by atoms with Gasteiger partial charge in [0.25, 0.3) is 5.91 Å². The van der Waals surface area contributed by atoms with E-state index in [1.54, 1.807) is 61.7 Å². The number of hydrogen-bond donors (Lipinski definition) is 1.